The number of methoxy groups -OCH3 is 1. The molecule has 0 fully saturated rings. The first-order valence-corrected chi connectivity index (χ1v) is 6.44. The lowest BCUT2D eigenvalue weighted by atomic mass is 10.3. The van der Waals surface area contributed by atoms with Crippen molar-refractivity contribution >= 4 is 27.8 Å². The molecular weight excluding hydrogens is 244 g/mol. The Morgan fingerprint density at radius 2 is 2.12 bits per heavy atom. The highest BCUT2D eigenvalue weighted by atomic mass is 32.1. The minimum atomic E-state index is 0.485. The molecule has 0 aliphatic rings. The summed E-state index contributed by atoms with van der Waals surface area (Å²) in [5, 5.41) is 10.1. The van der Waals surface area contributed by atoms with Crippen molar-refractivity contribution in [3.63, 3.8) is 0 Å². The summed E-state index contributed by atoms with van der Waals surface area (Å²) >= 11 is 2.98. The minimum absolute atomic E-state index is 0.485. The quantitative estimate of drug-likeness (QED) is 0.905. The molecule has 0 bridgehead atoms. The normalized spacial score (nSPS) is 10.9. The van der Waals surface area contributed by atoms with Crippen LogP contribution in [-0.4, -0.2) is 22.3 Å². The number of nitrogens with zero attached hydrogens (tertiary/aromatic N) is 3. The summed E-state index contributed by atoms with van der Waals surface area (Å²) in [6.45, 7) is 2.60. The van der Waals surface area contributed by atoms with Gasteiger partial charge in [-0.2, -0.15) is 0 Å². The fraction of sp³-hybridized carbons (Fsp3) is 0.444. The van der Waals surface area contributed by atoms with Crippen LogP contribution in [0.15, 0.2) is 0 Å². The summed E-state index contributed by atoms with van der Waals surface area (Å²) in [6.07, 6.45) is 0.870. The highest BCUT2D eigenvalue weighted by Gasteiger charge is 2.15. The van der Waals surface area contributed by atoms with Crippen molar-refractivity contribution in [2.75, 3.05) is 12.8 Å². The van der Waals surface area contributed by atoms with Gasteiger partial charge in [-0.25, -0.2) is 4.98 Å². The van der Waals surface area contributed by atoms with Gasteiger partial charge in [0.1, 0.15) is 5.01 Å². The van der Waals surface area contributed by atoms with E-state index in [1.165, 1.54) is 11.3 Å². The summed E-state index contributed by atoms with van der Waals surface area (Å²) in [4.78, 5) is 5.55. The second-order valence-corrected chi connectivity index (χ2v) is 5.21. The standard InChI is InChI=1S/C9H12N4OS2/c1-3-5-7(8-12-13-9(10)16-8)15-6(11-5)4-14-2/h3-4H2,1-2H3,(H2,10,13). The smallest absolute Gasteiger partial charge is 0.203 e. The zero-order valence-corrected chi connectivity index (χ0v) is 10.7. The molecule has 2 heterocycles. The fourth-order valence-corrected chi connectivity index (χ4v) is 3.15. The Labute approximate surface area is 101 Å². The molecule has 7 heteroatoms. The maximum atomic E-state index is 5.58. The highest BCUT2D eigenvalue weighted by molar-refractivity contribution is 7.23. The van der Waals surface area contributed by atoms with Crippen molar-refractivity contribution in [3.8, 4) is 9.88 Å². The van der Waals surface area contributed by atoms with E-state index >= 15 is 0 Å². The maximum absolute atomic E-state index is 5.58. The monoisotopic (exact) mass is 256 g/mol. The number of aryl methyl sites for hydroxylation is 1. The minimum Gasteiger partial charge on any atom is -0.378 e. The first-order valence-electron chi connectivity index (χ1n) is 4.81. The van der Waals surface area contributed by atoms with Crippen molar-refractivity contribution in [2.45, 2.75) is 20.0 Å². The van der Waals surface area contributed by atoms with Crippen LogP contribution in [0.4, 0.5) is 5.13 Å². The van der Waals surface area contributed by atoms with Crippen molar-refractivity contribution in [1.82, 2.24) is 15.2 Å². The number of anilines is 1. The number of nitrogens with two attached hydrogens (primary N) is 1. The van der Waals surface area contributed by atoms with Gasteiger partial charge in [-0.3, -0.25) is 0 Å². The van der Waals surface area contributed by atoms with Crippen LogP contribution in [0.5, 0.6) is 0 Å². The zero-order chi connectivity index (χ0) is 11.5. The van der Waals surface area contributed by atoms with E-state index in [1.54, 1.807) is 18.4 Å². The zero-order valence-electron chi connectivity index (χ0n) is 9.06. The number of thiazole rings is 1. The Morgan fingerprint density at radius 1 is 1.31 bits per heavy atom. The third-order valence-corrected chi connectivity index (χ3v) is 3.96. The van der Waals surface area contributed by atoms with Gasteiger partial charge in [0, 0.05) is 7.11 Å². The summed E-state index contributed by atoms with van der Waals surface area (Å²) in [6, 6.07) is 0. The third kappa shape index (κ3) is 2.21. The van der Waals surface area contributed by atoms with Crippen molar-refractivity contribution in [2.24, 2.45) is 0 Å². The van der Waals surface area contributed by atoms with E-state index in [-0.39, 0.29) is 0 Å². The van der Waals surface area contributed by atoms with Crippen LogP contribution in [0, 0.1) is 0 Å². The molecule has 2 aromatic heterocycles. The Kier molecular flexibility index (Phi) is 3.47. The predicted molar refractivity (Wildman–Crippen MR) is 65.5 cm³/mol. The largest absolute Gasteiger partial charge is 0.378 e. The van der Waals surface area contributed by atoms with Crippen LogP contribution < -0.4 is 5.73 Å². The van der Waals surface area contributed by atoms with Gasteiger partial charge < -0.3 is 10.5 Å². The number of rotatable bonds is 4. The molecule has 0 saturated carbocycles. The Morgan fingerprint density at radius 3 is 2.69 bits per heavy atom. The van der Waals surface area contributed by atoms with Gasteiger partial charge in [-0.05, 0) is 6.42 Å². The molecule has 2 N–H and O–H groups in total. The van der Waals surface area contributed by atoms with Crippen molar-refractivity contribution in [3.05, 3.63) is 10.7 Å². The lowest BCUT2D eigenvalue weighted by molar-refractivity contribution is 0.184. The molecule has 0 aliphatic heterocycles. The molecule has 0 unspecified atom stereocenters. The summed E-state index contributed by atoms with van der Waals surface area (Å²) in [5.74, 6) is 0. The second-order valence-electron chi connectivity index (χ2n) is 3.12. The molecule has 5 nitrogen and oxygen atoms in total. The predicted octanol–water partition coefficient (Wildman–Crippen LogP) is 1.95. The molecule has 0 radical (unpaired) electrons. The Hall–Kier alpha value is -1.05. The molecule has 86 valence electrons. The van der Waals surface area contributed by atoms with E-state index in [2.05, 4.69) is 22.1 Å². The number of hydrogen-bond acceptors (Lipinski definition) is 7. The van der Waals surface area contributed by atoms with Gasteiger partial charge >= 0.3 is 0 Å². The molecule has 2 aromatic rings. The maximum Gasteiger partial charge on any atom is 0.203 e. The number of hydrogen-bond donors (Lipinski definition) is 1. The lowest BCUT2D eigenvalue weighted by Gasteiger charge is -1.91. The van der Waals surface area contributed by atoms with Crippen molar-refractivity contribution < 1.29 is 4.74 Å². The SMILES string of the molecule is CCc1nc(COC)sc1-c1nnc(N)s1. The van der Waals surface area contributed by atoms with Crippen LogP contribution in [0.1, 0.15) is 17.6 Å². The molecule has 0 spiro atoms. The lowest BCUT2D eigenvalue weighted by Crippen LogP contribution is -1.87. The summed E-state index contributed by atoms with van der Waals surface area (Å²) in [7, 11) is 1.66. The molecule has 0 atom stereocenters. The van der Waals surface area contributed by atoms with Gasteiger partial charge in [0.15, 0.2) is 5.01 Å². The van der Waals surface area contributed by atoms with Crippen LogP contribution in [-0.2, 0) is 17.8 Å². The summed E-state index contributed by atoms with van der Waals surface area (Å²) in [5.41, 5.74) is 6.61. The van der Waals surface area contributed by atoms with E-state index in [0.29, 0.717) is 11.7 Å². The van der Waals surface area contributed by atoms with E-state index < -0.39 is 0 Å². The van der Waals surface area contributed by atoms with Crippen LogP contribution in [0.2, 0.25) is 0 Å². The highest BCUT2D eigenvalue weighted by Crippen LogP contribution is 2.33. The van der Waals surface area contributed by atoms with Gasteiger partial charge in [0.25, 0.3) is 0 Å². The molecule has 0 aromatic carbocycles. The second kappa shape index (κ2) is 4.86. The number of aromatic nitrogens is 3. The first kappa shape index (κ1) is 11.4. The third-order valence-electron chi connectivity index (χ3n) is 1.98. The van der Waals surface area contributed by atoms with E-state index in [0.717, 1.165) is 27.0 Å². The molecule has 0 aliphatic carbocycles. The van der Waals surface area contributed by atoms with Gasteiger partial charge in [0.2, 0.25) is 5.13 Å². The molecular formula is C9H12N4OS2. The van der Waals surface area contributed by atoms with Crippen LogP contribution in [0.3, 0.4) is 0 Å². The average molecular weight is 256 g/mol. The Balaban J connectivity index is 2.38. The molecule has 2 rings (SSSR count). The van der Waals surface area contributed by atoms with Crippen LogP contribution >= 0.6 is 22.7 Å². The number of ether oxygens (including phenoxy) is 1. The van der Waals surface area contributed by atoms with Gasteiger partial charge in [-0.15, -0.1) is 21.5 Å². The van der Waals surface area contributed by atoms with Gasteiger partial charge in [-0.1, -0.05) is 18.3 Å². The Bertz CT molecular complexity index is 480. The van der Waals surface area contributed by atoms with Gasteiger partial charge in [0.05, 0.1) is 17.2 Å². The molecule has 0 saturated heterocycles. The van der Waals surface area contributed by atoms with E-state index in [4.69, 9.17) is 10.5 Å². The fourth-order valence-electron chi connectivity index (χ4n) is 1.32. The average Bonchev–Trinajstić information content (AvgIpc) is 2.84. The first-order chi connectivity index (χ1) is 7.74. The topological polar surface area (TPSA) is 73.9 Å². The molecule has 16 heavy (non-hydrogen) atoms. The van der Waals surface area contributed by atoms with Crippen LogP contribution in [0.25, 0.3) is 9.88 Å². The summed E-state index contributed by atoms with van der Waals surface area (Å²) < 4.78 is 5.07. The van der Waals surface area contributed by atoms with E-state index in [1.807, 2.05) is 0 Å². The number of nitrogen functional groups attached to an aromatic ring is 1. The van der Waals surface area contributed by atoms with E-state index in [9.17, 15) is 0 Å². The molecule has 0 amide bonds. The van der Waals surface area contributed by atoms with Crippen molar-refractivity contribution in [1.29, 1.82) is 0 Å².